The summed E-state index contributed by atoms with van der Waals surface area (Å²) >= 11 is 1.25. The monoisotopic (exact) mass is 401 g/mol. The lowest BCUT2D eigenvalue weighted by atomic mass is 10.3. The van der Waals surface area contributed by atoms with E-state index in [0.717, 1.165) is 17.4 Å². The van der Waals surface area contributed by atoms with Gasteiger partial charge in [-0.25, -0.2) is 9.36 Å². The predicted molar refractivity (Wildman–Crippen MR) is 111 cm³/mol. The fourth-order valence-electron chi connectivity index (χ4n) is 3.04. The van der Waals surface area contributed by atoms with Crippen LogP contribution >= 0.6 is 11.3 Å². The highest BCUT2D eigenvalue weighted by Crippen LogP contribution is 2.22. The van der Waals surface area contributed by atoms with E-state index in [4.69, 9.17) is 4.74 Å². The molecule has 0 N–H and O–H groups in total. The van der Waals surface area contributed by atoms with Crippen LogP contribution in [-0.4, -0.2) is 40.6 Å². The number of fused-ring (bicyclic) bond motifs is 1. The Labute approximate surface area is 166 Å². The molecule has 0 fully saturated rings. The summed E-state index contributed by atoms with van der Waals surface area (Å²) in [6.45, 7) is 2.56. The number of carbonyl (C=O) groups is 1. The van der Waals surface area contributed by atoms with E-state index >= 15 is 0 Å². The molecule has 28 heavy (non-hydrogen) atoms. The molecular weight excluding hydrogens is 378 g/mol. The molecule has 0 spiro atoms. The number of unbranched alkanes of at least 4 members (excludes halogenated alkanes) is 1. The van der Waals surface area contributed by atoms with E-state index in [2.05, 4.69) is 6.92 Å². The minimum Gasteiger partial charge on any atom is -0.495 e. The topological polar surface area (TPSA) is 73.5 Å². The number of hydrogen-bond acceptors (Lipinski definition) is 5. The Morgan fingerprint density at radius 2 is 1.96 bits per heavy atom. The SMILES string of the molecule is CCCCN(C)C(=O)Cn1c(=O)n(-c2ccccc2OC)c(=O)c2sccc21. The summed E-state index contributed by atoms with van der Waals surface area (Å²) in [5.74, 6) is 0.240. The minimum atomic E-state index is -0.558. The quantitative estimate of drug-likeness (QED) is 0.610. The molecule has 0 aliphatic rings. The van der Waals surface area contributed by atoms with Gasteiger partial charge in [-0.2, -0.15) is 0 Å². The van der Waals surface area contributed by atoms with Crippen molar-refractivity contribution in [2.24, 2.45) is 0 Å². The Morgan fingerprint density at radius 1 is 1.21 bits per heavy atom. The van der Waals surface area contributed by atoms with Crippen LogP contribution in [0.1, 0.15) is 19.8 Å². The van der Waals surface area contributed by atoms with E-state index in [1.807, 2.05) is 0 Å². The van der Waals surface area contributed by atoms with Crippen LogP contribution in [0.25, 0.3) is 15.9 Å². The molecule has 1 amide bonds. The highest BCUT2D eigenvalue weighted by atomic mass is 32.1. The molecule has 2 aromatic heterocycles. The van der Waals surface area contributed by atoms with Crippen LogP contribution in [0.3, 0.4) is 0 Å². The first kappa shape index (κ1) is 19.9. The maximum Gasteiger partial charge on any atom is 0.336 e. The van der Waals surface area contributed by atoms with Gasteiger partial charge in [0.1, 0.15) is 17.0 Å². The molecule has 3 aromatic rings. The lowest BCUT2D eigenvalue weighted by molar-refractivity contribution is -0.130. The third-order valence-corrected chi connectivity index (χ3v) is 5.54. The summed E-state index contributed by atoms with van der Waals surface area (Å²) in [7, 11) is 3.21. The van der Waals surface area contributed by atoms with Gasteiger partial charge in [0.15, 0.2) is 0 Å². The molecular formula is C20H23N3O4S. The Balaban J connectivity index is 2.17. The second-order valence-electron chi connectivity index (χ2n) is 6.48. The lowest BCUT2D eigenvalue weighted by Crippen LogP contribution is -2.42. The van der Waals surface area contributed by atoms with E-state index in [9.17, 15) is 14.4 Å². The third kappa shape index (κ3) is 3.60. The van der Waals surface area contributed by atoms with Crippen LogP contribution in [0.5, 0.6) is 5.75 Å². The highest BCUT2D eigenvalue weighted by molar-refractivity contribution is 7.17. The first-order chi connectivity index (χ1) is 13.5. The summed E-state index contributed by atoms with van der Waals surface area (Å²) in [5, 5.41) is 1.75. The Hall–Kier alpha value is -2.87. The first-order valence-corrected chi connectivity index (χ1v) is 9.98. The number of nitrogens with zero attached hydrogens (tertiary/aromatic N) is 3. The van der Waals surface area contributed by atoms with Gasteiger partial charge in [-0.1, -0.05) is 25.5 Å². The molecule has 0 bridgehead atoms. The van der Waals surface area contributed by atoms with Crippen molar-refractivity contribution in [1.82, 2.24) is 14.0 Å². The molecule has 0 aliphatic carbocycles. The number of ether oxygens (including phenoxy) is 1. The minimum absolute atomic E-state index is 0.123. The van der Waals surface area contributed by atoms with Crippen molar-refractivity contribution in [3.63, 3.8) is 0 Å². The third-order valence-electron chi connectivity index (χ3n) is 4.65. The zero-order valence-corrected chi connectivity index (χ0v) is 17.0. The number of methoxy groups -OCH3 is 1. The zero-order chi connectivity index (χ0) is 20.3. The fraction of sp³-hybridized carbons (Fsp3) is 0.350. The second kappa shape index (κ2) is 8.43. The van der Waals surface area contributed by atoms with E-state index in [-0.39, 0.29) is 12.5 Å². The molecule has 8 heteroatoms. The van der Waals surface area contributed by atoms with Crippen molar-refractivity contribution >= 4 is 27.5 Å². The highest BCUT2D eigenvalue weighted by Gasteiger charge is 2.20. The number of carbonyl (C=O) groups excluding carboxylic acids is 1. The van der Waals surface area contributed by atoms with Gasteiger partial charge in [0.2, 0.25) is 5.91 Å². The molecule has 0 radical (unpaired) electrons. The largest absolute Gasteiger partial charge is 0.495 e. The van der Waals surface area contributed by atoms with Gasteiger partial charge in [0.25, 0.3) is 5.56 Å². The molecule has 0 aliphatic heterocycles. The summed E-state index contributed by atoms with van der Waals surface area (Å²) < 4.78 is 8.20. The Bertz CT molecular complexity index is 1110. The van der Waals surface area contributed by atoms with E-state index in [1.54, 1.807) is 47.7 Å². The normalized spacial score (nSPS) is 11.0. The average molecular weight is 401 g/mol. The van der Waals surface area contributed by atoms with Gasteiger partial charge in [-0.05, 0) is 30.0 Å². The number of hydrogen-bond donors (Lipinski definition) is 0. The number of aromatic nitrogens is 2. The van der Waals surface area contributed by atoms with Crippen molar-refractivity contribution in [3.8, 4) is 11.4 Å². The van der Waals surface area contributed by atoms with Gasteiger partial charge < -0.3 is 9.64 Å². The molecule has 3 rings (SSSR count). The summed E-state index contributed by atoms with van der Waals surface area (Å²) in [6, 6.07) is 8.54. The van der Waals surface area contributed by atoms with Crippen molar-refractivity contribution in [2.45, 2.75) is 26.3 Å². The molecule has 2 heterocycles. The Kier molecular flexibility index (Phi) is 5.99. The van der Waals surface area contributed by atoms with Crippen LogP contribution in [0.15, 0.2) is 45.3 Å². The fourth-order valence-corrected chi connectivity index (χ4v) is 3.87. The molecule has 7 nitrogen and oxygen atoms in total. The zero-order valence-electron chi connectivity index (χ0n) is 16.2. The van der Waals surface area contributed by atoms with Gasteiger partial charge >= 0.3 is 5.69 Å². The summed E-state index contributed by atoms with van der Waals surface area (Å²) in [5.41, 5.74) is -0.139. The number of benzene rings is 1. The summed E-state index contributed by atoms with van der Waals surface area (Å²) in [4.78, 5) is 40.5. The standard InChI is InChI=1S/C20H23N3O4S/c1-4-5-11-21(2)17(24)13-22-15-10-12-28-18(15)19(25)23(20(22)26)14-8-6-7-9-16(14)27-3/h6-10,12H,4-5,11,13H2,1-3H3. The van der Waals surface area contributed by atoms with Gasteiger partial charge in [-0.3, -0.25) is 14.2 Å². The number of para-hydroxylation sites is 2. The predicted octanol–water partition coefficient (Wildman–Crippen LogP) is 2.48. The maximum absolute atomic E-state index is 13.2. The summed E-state index contributed by atoms with van der Waals surface area (Å²) in [6.07, 6.45) is 1.87. The molecule has 0 unspecified atom stereocenters. The molecule has 0 saturated carbocycles. The van der Waals surface area contributed by atoms with Gasteiger partial charge in [0.05, 0.1) is 18.3 Å². The maximum atomic E-state index is 13.2. The van der Waals surface area contributed by atoms with Crippen LogP contribution in [0.2, 0.25) is 0 Å². The molecule has 0 saturated heterocycles. The molecule has 148 valence electrons. The lowest BCUT2D eigenvalue weighted by Gasteiger charge is -2.19. The second-order valence-corrected chi connectivity index (χ2v) is 7.40. The van der Waals surface area contributed by atoms with Crippen molar-refractivity contribution < 1.29 is 9.53 Å². The number of thiophene rings is 1. The van der Waals surface area contributed by atoms with Crippen LogP contribution in [0, 0.1) is 0 Å². The van der Waals surface area contributed by atoms with Crippen LogP contribution in [-0.2, 0) is 11.3 Å². The first-order valence-electron chi connectivity index (χ1n) is 9.10. The molecule has 0 atom stereocenters. The van der Waals surface area contributed by atoms with Crippen molar-refractivity contribution in [3.05, 3.63) is 56.5 Å². The van der Waals surface area contributed by atoms with E-state index in [0.29, 0.717) is 28.2 Å². The number of amides is 1. The van der Waals surface area contributed by atoms with Gasteiger partial charge in [-0.15, -0.1) is 11.3 Å². The molecule has 1 aromatic carbocycles. The van der Waals surface area contributed by atoms with Crippen molar-refractivity contribution in [1.29, 1.82) is 0 Å². The van der Waals surface area contributed by atoms with Crippen LogP contribution < -0.4 is 16.0 Å². The van der Waals surface area contributed by atoms with E-state index in [1.165, 1.54) is 23.0 Å². The van der Waals surface area contributed by atoms with Crippen molar-refractivity contribution in [2.75, 3.05) is 20.7 Å². The average Bonchev–Trinajstić information content (AvgIpc) is 3.19. The van der Waals surface area contributed by atoms with Crippen LogP contribution in [0.4, 0.5) is 0 Å². The van der Waals surface area contributed by atoms with E-state index < -0.39 is 11.2 Å². The van der Waals surface area contributed by atoms with Gasteiger partial charge in [0, 0.05) is 13.6 Å². The Morgan fingerprint density at radius 3 is 2.68 bits per heavy atom. The number of likely N-dealkylation sites (N-methyl/N-ethyl adjacent to an activating group) is 1. The number of rotatable bonds is 7. The smallest absolute Gasteiger partial charge is 0.336 e.